The standard InChI is InChI=1S/C16H20FN5O2S/c1-9(2)14(18)15(24)19-8-12(23)20-16-22-21-13(25-16)7-10-5-3-4-6-11(10)17/h3-6,9,14H,7-8,18H2,1-2H3,(H,19,24)(H,20,22,23)/t14-/m0/s1. The van der Waals surface area contributed by atoms with Crippen molar-refractivity contribution in [3.05, 3.63) is 40.7 Å². The fourth-order valence-electron chi connectivity index (χ4n) is 1.93. The fourth-order valence-corrected chi connectivity index (χ4v) is 2.71. The van der Waals surface area contributed by atoms with Gasteiger partial charge in [-0.25, -0.2) is 4.39 Å². The zero-order chi connectivity index (χ0) is 18.4. The maximum atomic E-state index is 13.6. The average Bonchev–Trinajstić information content (AvgIpc) is 3.01. The molecule has 1 aromatic carbocycles. The van der Waals surface area contributed by atoms with E-state index in [2.05, 4.69) is 20.8 Å². The Bertz CT molecular complexity index is 750. The van der Waals surface area contributed by atoms with Gasteiger partial charge in [-0.1, -0.05) is 43.4 Å². The van der Waals surface area contributed by atoms with Gasteiger partial charge in [-0.05, 0) is 17.5 Å². The van der Waals surface area contributed by atoms with E-state index < -0.39 is 11.9 Å². The molecule has 9 heteroatoms. The molecule has 2 aromatic rings. The summed E-state index contributed by atoms with van der Waals surface area (Å²) in [5.74, 6) is -1.15. The van der Waals surface area contributed by atoms with Crippen molar-refractivity contribution in [2.45, 2.75) is 26.3 Å². The first-order chi connectivity index (χ1) is 11.9. The Kier molecular flexibility index (Phi) is 6.54. The smallest absolute Gasteiger partial charge is 0.245 e. The number of nitrogens with two attached hydrogens (primary N) is 1. The van der Waals surface area contributed by atoms with Gasteiger partial charge < -0.3 is 11.1 Å². The minimum atomic E-state index is -0.665. The summed E-state index contributed by atoms with van der Waals surface area (Å²) >= 11 is 1.15. The average molecular weight is 365 g/mol. The van der Waals surface area contributed by atoms with Crippen LogP contribution < -0.4 is 16.4 Å². The van der Waals surface area contributed by atoms with Gasteiger partial charge in [-0.15, -0.1) is 10.2 Å². The maximum Gasteiger partial charge on any atom is 0.245 e. The van der Waals surface area contributed by atoms with Crippen LogP contribution in [0.3, 0.4) is 0 Å². The van der Waals surface area contributed by atoms with Crippen LogP contribution in [0.4, 0.5) is 9.52 Å². The number of halogens is 1. The number of benzene rings is 1. The van der Waals surface area contributed by atoms with Gasteiger partial charge in [0.2, 0.25) is 16.9 Å². The predicted molar refractivity (Wildman–Crippen MR) is 93.6 cm³/mol. The first-order valence-corrected chi connectivity index (χ1v) is 8.57. The normalized spacial score (nSPS) is 12.0. The summed E-state index contributed by atoms with van der Waals surface area (Å²) in [4.78, 5) is 23.5. The van der Waals surface area contributed by atoms with Gasteiger partial charge >= 0.3 is 0 Å². The van der Waals surface area contributed by atoms with Crippen LogP contribution in [-0.4, -0.2) is 34.6 Å². The van der Waals surface area contributed by atoms with E-state index in [1.165, 1.54) is 6.07 Å². The van der Waals surface area contributed by atoms with Crippen molar-refractivity contribution in [3.8, 4) is 0 Å². The number of nitrogens with zero attached hydrogens (tertiary/aromatic N) is 2. The van der Waals surface area contributed by atoms with Crippen LogP contribution in [0.25, 0.3) is 0 Å². The van der Waals surface area contributed by atoms with Gasteiger partial charge in [0.15, 0.2) is 0 Å². The van der Waals surface area contributed by atoms with Gasteiger partial charge in [-0.3, -0.25) is 14.9 Å². The fraction of sp³-hybridized carbons (Fsp3) is 0.375. The van der Waals surface area contributed by atoms with Gasteiger partial charge in [-0.2, -0.15) is 0 Å². The second-order valence-electron chi connectivity index (χ2n) is 5.80. The number of amides is 2. The molecule has 0 spiro atoms. The molecule has 0 bridgehead atoms. The third kappa shape index (κ3) is 5.57. The Hall–Kier alpha value is -2.39. The van der Waals surface area contributed by atoms with Crippen molar-refractivity contribution in [2.24, 2.45) is 11.7 Å². The second-order valence-corrected chi connectivity index (χ2v) is 6.87. The molecule has 2 amide bonds. The molecule has 0 aliphatic heterocycles. The van der Waals surface area contributed by atoms with Gasteiger partial charge in [0.25, 0.3) is 0 Å². The molecule has 1 atom stereocenters. The number of rotatable bonds is 7. The van der Waals surface area contributed by atoms with Crippen molar-refractivity contribution in [2.75, 3.05) is 11.9 Å². The Morgan fingerprint density at radius 1 is 1.28 bits per heavy atom. The molecule has 0 fully saturated rings. The van der Waals surface area contributed by atoms with Crippen LogP contribution in [0.2, 0.25) is 0 Å². The number of carbonyl (C=O) groups is 2. The molecule has 0 saturated heterocycles. The number of hydrogen-bond acceptors (Lipinski definition) is 6. The van der Waals surface area contributed by atoms with Crippen LogP contribution in [0.15, 0.2) is 24.3 Å². The number of nitrogens with one attached hydrogen (secondary N) is 2. The molecule has 4 N–H and O–H groups in total. The quantitative estimate of drug-likeness (QED) is 0.685. The third-order valence-corrected chi connectivity index (χ3v) is 4.30. The minimum absolute atomic E-state index is 0.0211. The van der Waals surface area contributed by atoms with Gasteiger partial charge in [0, 0.05) is 6.42 Å². The van der Waals surface area contributed by atoms with Crippen molar-refractivity contribution >= 4 is 28.3 Å². The highest BCUT2D eigenvalue weighted by Gasteiger charge is 2.18. The summed E-state index contributed by atoms with van der Waals surface area (Å²) in [6.45, 7) is 3.44. The third-order valence-electron chi connectivity index (χ3n) is 3.46. The molecule has 0 saturated carbocycles. The Balaban J connectivity index is 1.85. The second kappa shape index (κ2) is 8.63. The Morgan fingerprint density at radius 3 is 2.68 bits per heavy atom. The molecule has 25 heavy (non-hydrogen) atoms. The topological polar surface area (TPSA) is 110 Å². The predicted octanol–water partition coefficient (Wildman–Crippen LogP) is 1.31. The summed E-state index contributed by atoms with van der Waals surface area (Å²) in [6, 6.07) is 5.74. The van der Waals surface area contributed by atoms with Crippen molar-refractivity contribution in [1.82, 2.24) is 15.5 Å². The van der Waals surface area contributed by atoms with Gasteiger partial charge in [0.1, 0.15) is 10.8 Å². The van der Waals surface area contributed by atoms with Crippen molar-refractivity contribution in [3.63, 3.8) is 0 Å². The molecule has 2 rings (SSSR count). The van der Waals surface area contributed by atoms with Crippen LogP contribution in [0, 0.1) is 11.7 Å². The largest absolute Gasteiger partial charge is 0.346 e. The summed E-state index contributed by atoms with van der Waals surface area (Å²) in [6.07, 6.45) is 0.292. The van der Waals surface area contributed by atoms with Crippen LogP contribution in [-0.2, 0) is 16.0 Å². The summed E-state index contributed by atoms with van der Waals surface area (Å²) in [5, 5.41) is 13.7. The van der Waals surface area contributed by atoms with Crippen LogP contribution in [0.1, 0.15) is 24.4 Å². The molecule has 134 valence electrons. The zero-order valence-electron chi connectivity index (χ0n) is 14.0. The summed E-state index contributed by atoms with van der Waals surface area (Å²) in [5.41, 5.74) is 6.20. The van der Waals surface area contributed by atoms with Crippen LogP contribution in [0.5, 0.6) is 0 Å². The molecule has 7 nitrogen and oxygen atoms in total. The SMILES string of the molecule is CC(C)[C@H](N)C(=O)NCC(=O)Nc1nnc(Cc2ccccc2F)s1. The highest BCUT2D eigenvalue weighted by Crippen LogP contribution is 2.19. The lowest BCUT2D eigenvalue weighted by atomic mass is 10.1. The van der Waals surface area contributed by atoms with Crippen molar-refractivity contribution in [1.29, 1.82) is 0 Å². The highest BCUT2D eigenvalue weighted by molar-refractivity contribution is 7.15. The first kappa shape index (κ1) is 18.9. The molecule has 0 aliphatic rings. The van der Waals surface area contributed by atoms with E-state index in [4.69, 9.17) is 5.73 Å². The summed E-state index contributed by atoms with van der Waals surface area (Å²) < 4.78 is 13.6. The molecule has 0 unspecified atom stereocenters. The lowest BCUT2D eigenvalue weighted by Gasteiger charge is -2.14. The van der Waals surface area contributed by atoms with Crippen molar-refractivity contribution < 1.29 is 14.0 Å². The summed E-state index contributed by atoms with van der Waals surface area (Å²) in [7, 11) is 0. The minimum Gasteiger partial charge on any atom is -0.346 e. The van der Waals surface area contributed by atoms with E-state index in [9.17, 15) is 14.0 Å². The van der Waals surface area contributed by atoms with E-state index in [1.54, 1.807) is 18.2 Å². The van der Waals surface area contributed by atoms with E-state index in [1.807, 2.05) is 13.8 Å². The lowest BCUT2D eigenvalue weighted by molar-refractivity contribution is -0.125. The first-order valence-electron chi connectivity index (χ1n) is 7.75. The van der Waals surface area contributed by atoms with E-state index in [0.717, 1.165) is 11.3 Å². The van der Waals surface area contributed by atoms with Crippen LogP contribution >= 0.6 is 11.3 Å². The Morgan fingerprint density at radius 2 is 2.00 bits per heavy atom. The molecular weight excluding hydrogens is 345 g/mol. The lowest BCUT2D eigenvalue weighted by Crippen LogP contribution is -2.46. The Labute approximate surface area is 148 Å². The molecule has 0 aliphatic carbocycles. The van der Waals surface area contributed by atoms with E-state index in [0.29, 0.717) is 22.1 Å². The molecular formula is C16H20FN5O2S. The van der Waals surface area contributed by atoms with E-state index >= 15 is 0 Å². The number of anilines is 1. The molecule has 1 heterocycles. The molecule has 0 radical (unpaired) electrons. The van der Waals surface area contributed by atoms with E-state index in [-0.39, 0.29) is 24.2 Å². The highest BCUT2D eigenvalue weighted by atomic mass is 32.1. The monoisotopic (exact) mass is 365 g/mol. The number of aromatic nitrogens is 2. The van der Waals surface area contributed by atoms with Gasteiger partial charge in [0.05, 0.1) is 12.6 Å². The zero-order valence-corrected chi connectivity index (χ0v) is 14.8. The number of carbonyl (C=O) groups excluding carboxylic acids is 2. The maximum absolute atomic E-state index is 13.6. The molecule has 1 aromatic heterocycles. The number of hydrogen-bond donors (Lipinski definition) is 3.